The number of aryl methyl sites for hydroxylation is 2. The standard InChI is InChI=1S/C14H11BrFN3/c15-14-12-2-1-9-17-19(12)13(18-14)8-5-10-3-6-11(16)7-4-10/h1-4,6-7,9H,5,8H2. The quantitative estimate of drug-likeness (QED) is 0.740. The van der Waals surface area contributed by atoms with Crippen LogP contribution in [-0.4, -0.2) is 14.6 Å². The van der Waals surface area contributed by atoms with Crippen LogP contribution in [-0.2, 0) is 12.8 Å². The number of hydrogen-bond donors (Lipinski definition) is 0. The first kappa shape index (κ1) is 12.3. The van der Waals surface area contributed by atoms with Crippen LogP contribution in [0.5, 0.6) is 0 Å². The molecule has 0 aliphatic rings. The molecular weight excluding hydrogens is 309 g/mol. The van der Waals surface area contributed by atoms with Crippen molar-refractivity contribution in [3.8, 4) is 0 Å². The molecule has 3 aromatic rings. The zero-order chi connectivity index (χ0) is 13.2. The number of imidazole rings is 1. The van der Waals surface area contributed by atoms with Crippen molar-refractivity contribution in [1.82, 2.24) is 14.6 Å². The number of nitrogens with zero attached hydrogens (tertiary/aromatic N) is 3. The van der Waals surface area contributed by atoms with Gasteiger partial charge in [0.15, 0.2) is 0 Å². The van der Waals surface area contributed by atoms with Gasteiger partial charge < -0.3 is 0 Å². The number of fused-ring (bicyclic) bond motifs is 1. The van der Waals surface area contributed by atoms with Crippen LogP contribution in [0, 0.1) is 5.82 Å². The van der Waals surface area contributed by atoms with Crippen molar-refractivity contribution in [3.63, 3.8) is 0 Å². The van der Waals surface area contributed by atoms with E-state index in [-0.39, 0.29) is 5.82 Å². The Labute approximate surface area is 118 Å². The minimum absolute atomic E-state index is 0.209. The topological polar surface area (TPSA) is 30.2 Å². The molecule has 0 N–H and O–H groups in total. The molecule has 96 valence electrons. The summed E-state index contributed by atoms with van der Waals surface area (Å²) in [6.45, 7) is 0. The summed E-state index contributed by atoms with van der Waals surface area (Å²) in [5.74, 6) is 0.686. The van der Waals surface area contributed by atoms with Gasteiger partial charge >= 0.3 is 0 Å². The van der Waals surface area contributed by atoms with Crippen LogP contribution < -0.4 is 0 Å². The van der Waals surface area contributed by atoms with E-state index < -0.39 is 0 Å². The van der Waals surface area contributed by atoms with Crippen molar-refractivity contribution in [1.29, 1.82) is 0 Å². The van der Waals surface area contributed by atoms with E-state index in [0.717, 1.165) is 34.3 Å². The van der Waals surface area contributed by atoms with E-state index in [1.165, 1.54) is 12.1 Å². The maximum Gasteiger partial charge on any atom is 0.134 e. The SMILES string of the molecule is Fc1ccc(CCc2nc(Br)c3cccnn23)cc1. The second-order valence-electron chi connectivity index (χ2n) is 4.27. The smallest absolute Gasteiger partial charge is 0.134 e. The third kappa shape index (κ3) is 2.51. The summed E-state index contributed by atoms with van der Waals surface area (Å²) in [6, 6.07) is 10.4. The molecule has 5 heteroatoms. The molecule has 3 nitrogen and oxygen atoms in total. The summed E-state index contributed by atoms with van der Waals surface area (Å²) in [6.07, 6.45) is 3.31. The van der Waals surface area contributed by atoms with Gasteiger partial charge in [-0.05, 0) is 52.2 Å². The van der Waals surface area contributed by atoms with Gasteiger partial charge in [0.1, 0.15) is 16.2 Å². The Morgan fingerprint density at radius 2 is 1.89 bits per heavy atom. The number of rotatable bonds is 3. The summed E-state index contributed by atoms with van der Waals surface area (Å²) in [5.41, 5.74) is 2.04. The largest absolute Gasteiger partial charge is 0.224 e. The Hall–Kier alpha value is -1.75. The number of aromatic nitrogens is 3. The van der Waals surface area contributed by atoms with Gasteiger partial charge in [-0.25, -0.2) is 13.9 Å². The molecule has 0 atom stereocenters. The first-order chi connectivity index (χ1) is 9.24. The summed E-state index contributed by atoms with van der Waals surface area (Å²) in [4.78, 5) is 4.47. The second kappa shape index (κ2) is 5.09. The predicted octanol–water partition coefficient (Wildman–Crippen LogP) is 3.42. The minimum atomic E-state index is -0.209. The fraction of sp³-hybridized carbons (Fsp3) is 0.143. The molecule has 0 saturated carbocycles. The zero-order valence-electron chi connectivity index (χ0n) is 10.1. The molecule has 0 amide bonds. The van der Waals surface area contributed by atoms with Crippen LogP contribution in [0.2, 0.25) is 0 Å². The van der Waals surface area contributed by atoms with E-state index in [0.29, 0.717) is 0 Å². The lowest BCUT2D eigenvalue weighted by molar-refractivity contribution is 0.626. The molecule has 0 bridgehead atoms. The van der Waals surface area contributed by atoms with Gasteiger partial charge in [-0.15, -0.1) is 0 Å². The molecule has 0 aliphatic carbocycles. The Morgan fingerprint density at radius 3 is 2.68 bits per heavy atom. The molecule has 2 heterocycles. The predicted molar refractivity (Wildman–Crippen MR) is 74.5 cm³/mol. The van der Waals surface area contributed by atoms with Gasteiger partial charge in [-0.1, -0.05) is 12.1 Å². The lowest BCUT2D eigenvalue weighted by atomic mass is 10.1. The lowest BCUT2D eigenvalue weighted by Crippen LogP contribution is -2.00. The average molecular weight is 320 g/mol. The van der Waals surface area contributed by atoms with E-state index >= 15 is 0 Å². The fourth-order valence-electron chi connectivity index (χ4n) is 2.02. The third-order valence-corrected chi connectivity index (χ3v) is 3.57. The number of benzene rings is 1. The maximum absolute atomic E-state index is 12.8. The van der Waals surface area contributed by atoms with E-state index in [9.17, 15) is 4.39 Å². The normalized spacial score (nSPS) is 11.1. The maximum atomic E-state index is 12.8. The number of halogens is 2. The van der Waals surface area contributed by atoms with Crippen molar-refractivity contribution in [2.75, 3.05) is 0 Å². The van der Waals surface area contributed by atoms with Crippen molar-refractivity contribution in [2.24, 2.45) is 0 Å². The van der Waals surface area contributed by atoms with Crippen molar-refractivity contribution in [2.45, 2.75) is 12.8 Å². The van der Waals surface area contributed by atoms with Crippen LogP contribution >= 0.6 is 15.9 Å². The Bertz CT molecular complexity index is 706. The highest BCUT2D eigenvalue weighted by Crippen LogP contribution is 2.18. The molecular formula is C14H11BrFN3. The van der Waals surface area contributed by atoms with Gasteiger partial charge in [0.25, 0.3) is 0 Å². The summed E-state index contributed by atoms with van der Waals surface area (Å²) in [7, 11) is 0. The highest BCUT2D eigenvalue weighted by molar-refractivity contribution is 9.10. The molecule has 0 aliphatic heterocycles. The first-order valence-corrected chi connectivity index (χ1v) is 6.76. The average Bonchev–Trinajstić information content (AvgIpc) is 2.76. The van der Waals surface area contributed by atoms with Gasteiger partial charge in [0, 0.05) is 12.6 Å². The van der Waals surface area contributed by atoms with Crippen molar-refractivity contribution in [3.05, 3.63) is 64.4 Å². The lowest BCUT2D eigenvalue weighted by Gasteiger charge is -2.01. The molecule has 19 heavy (non-hydrogen) atoms. The Balaban J connectivity index is 1.84. The third-order valence-electron chi connectivity index (χ3n) is 2.98. The Kier molecular flexibility index (Phi) is 3.29. The van der Waals surface area contributed by atoms with Crippen LogP contribution in [0.15, 0.2) is 47.2 Å². The van der Waals surface area contributed by atoms with E-state index in [4.69, 9.17) is 0 Å². The molecule has 1 aromatic carbocycles. The zero-order valence-corrected chi connectivity index (χ0v) is 11.6. The molecule has 0 unspecified atom stereocenters. The monoisotopic (exact) mass is 319 g/mol. The van der Waals surface area contributed by atoms with E-state index in [1.807, 2.05) is 16.6 Å². The van der Waals surface area contributed by atoms with Crippen molar-refractivity contribution >= 4 is 21.4 Å². The highest BCUT2D eigenvalue weighted by Gasteiger charge is 2.09. The second-order valence-corrected chi connectivity index (χ2v) is 5.02. The molecule has 3 rings (SSSR count). The van der Waals surface area contributed by atoms with Crippen LogP contribution in [0.4, 0.5) is 4.39 Å². The number of hydrogen-bond acceptors (Lipinski definition) is 2. The van der Waals surface area contributed by atoms with Crippen LogP contribution in [0.25, 0.3) is 5.52 Å². The molecule has 0 spiro atoms. The van der Waals surface area contributed by atoms with E-state index in [1.54, 1.807) is 18.3 Å². The van der Waals surface area contributed by atoms with Crippen molar-refractivity contribution < 1.29 is 4.39 Å². The van der Waals surface area contributed by atoms with Crippen LogP contribution in [0.3, 0.4) is 0 Å². The first-order valence-electron chi connectivity index (χ1n) is 5.96. The van der Waals surface area contributed by atoms with Gasteiger partial charge in [0.05, 0.1) is 5.52 Å². The highest BCUT2D eigenvalue weighted by atomic mass is 79.9. The molecule has 0 saturated heterocycles. The summed E-state index contributed by atoms with van der Waals surface area (Å²) >= 11 is 3.43. The minimum Gasteiger partial charge on any atom is -0.224 e. The summed E-state index contributed by atoms with van der Waals surface area (Å²) in [5, 5.41) is 4.29. The van der Waals surface area contributed by atoms with Gasteiger partial charge in [-0.3, -0.25) is 0 Å². The van der Waals surface area contributed by atoms with Gasteiger partial charge in [-0.2, -0.15) is 5.10 Å². The Morgan fingerprint density at radius 1 is 1.11 bits per heavy atom. The molecule has 2 aromatic heterocycles. The molecule has 0 fully saturated rings. The van der Waals surface area contributed by atoms with Crippen LogP contribution in [0.1, 0.15) is 11.4 Å². The fourth-order valence-corrected chi connectivity index (χ4v) is 2.53. The van der Waals surface area contributed by atoms with E-state index in [2.05, 4.69) is 26.0 Å². The molecule has 0 radical (unpaired) electrons. The summed E-state index contributed by atoms with van der Waals surface area (Å²) < 4.78 is 15.5. The van der Waals surface area contributed by atoms with Gasteiger partial charge in [0.2, 0.25) is 0 Å².